The molecule has 0 saturated carbocycles. The third-order valence-electron chi connectivity index (χ3n) is 6.14. The van der Waals surface area contributed by atoms with E-state index in [2.05, 4.69) is 27.3 Å². The first-order valence-electron chi connectivity index (χ1n) is 11.4. The van der Waals surface area contributed by atoms with Gasteiger partial charge in [0.25, 0.3) is 0 Å². The molecule has 1 unspecified atom stereocenters. The summed E-state index contributed by atoms with van der Waals surface area (Å²) in [6.45, 7) is 6.73. The highest BCUT2D eigenvalue weighted by Crippen LogP contribution is 2.43. The van der Waals surface area contributed by atoms with E-state index in [1.165, 1.54) is 12.8 Å². The smallest absolute Gasteiger partial charge is 0.226 e. The minimum Gasteiger partial charge on any atom is -0.493 e. The number of aryl methyl sites for hydroxylation is 1. The van der Waals surface area contributed by atoms with Crippen LogP contribution in [0.1, 0.15) is 55.3 Å². The van der Waals surface area contributed by atoms with Gasteiger partial charge in [-0.1, -0.05) is 25.1 Å². The van der Waals surface area contributed by atoms with Gasteiger partial charge in [0.05, 0.1) is 12.3 Å². The van der Waals surface area contributed by atoms with E-state index in [9.17, 15) is 4.79 Å². The zero-order valence-electron chi connectivity index (χ0n) is 18.5. The number of carbonyl (C=O) groups is 1. The van der Waals surface area contributed by atoms with Gasteiger partial charge in [-0.05, 0) is 44.4 Å². The standard InChI is InChI=1S/C24H28N6O2/c1-3-14-32-19-9-5-4-8-17(19)18-15-22(31)25-24-23(18)16(2)28-30(24)21-11-10-20(26-27-21)29-12-6-7-13-29/h4-5,8-11,18H,3,6-7,12-15H2,1-2H3,(H,25,31). The van der Waals surface area contributed by atoms with E-state index in [0.29, 0.717) is 24.7 Å². The summed E-state index contributed by atoms with van der Waals surface area (Å²) in [5, 5.41) is 16.6. The van der Waals surface area contributed by atoms with Crippen LogP contribution >= 0.6 is 0 Å². The summed E-state index contributed by atoms with van der Waals surface area (Å²) in [5.41, 5.74) is 2.87. The van der Waals surface area contributed by atoms with E-state index in [0.717, 1.165) is 47.9 Å². The first-order valence-corrected chi connectivity index (χ1v) is 11.4. The average Bonchev–Trinajstić information content (AvgIpc) is 3.46. The maximum absolute atomic E-state index is 12.7. The molecule has 1 saturated heterocycles. The van der Waals surface area contributed by atoms with Gasteiger partial charge < -0.3 is 15.0 Å². The molecular weight excluding hydrogens is 404 g/mol. The number of ether oxygens (including phenoxy) is 1. The zero-order chi connectivity index (χ0) is 22.1. The van der Waals surface area contributed by atoms with Crippen molar-refractivity contribution in [1.29, 1.82) is 0 Å². The van der Waals surface area contributed by atoms with E-state index in [1.54, 1.807) is 4.68 Å². The SMILES string of the molecule is CCCOc1ccccc1C1CC(=O)Nc2c1c(C)nn2-c1ccc(N2CCCC2)nn1. The number of nitrogens with one attached hydrogen (secondary N) is 1. The Hall–Kier alpha value is -3.42. The second-order valence-electron chi connectivity index (χ2n) is 8.39. The average molecular weight is 433 g/mol. The molecule has 1 amide bonds. The molecule has 1 atom stereocenters. The summed E-state index contributed by atoms with van der Waals surface area (Å²) in [6.07, 6.45) is 3.65. The van der Waals surface area contributed by atoms with E-state index >= 15 is 0 Å². The van der Waals surface area contributed by atoms with Crippen molar-refractivity contribution in [2.75, 3.05) is 29.9 Å². The fraction of sp³-hybridized carbons (Fsp3) is 0.417. The first kappa shape index (κ1) is 20.5. The minimum atomic E-state index is -0.127. The number of aromatic nitrogens is 4. The predicted molar refractivity (Wildman–Crippen MR) is 123 cm³/mol. The molecule has 8 heteroatoms. The molecule has 1 fully saturated rings. The molecule has 5 rings (SSSR count). The van der Waals surface area contributed by atoms with Crippen LogP contribution in [0, 0.1) is 6.92 Å². The van der Waals surface area contributed by atoms with Crippen molar-refractivity contribution in [3.8, 4) is 11.6 Å². The highest BCUT2D eigenvalue weighted by atomic mass is 16.5. The Morgan fingerprint density at radius 3 is 2.59 bits per heavy atom. The van der Waals surface area contributed by atoms with Gasteiger partial charge in [-0.15, -0.1) is 10.2 Å². The third kappa shape index (κ3) is 3.70. The number of nitrogens with zero attached hydrogens (tertiary/aromatic N) is 5. The summed E-state index contributed by atoms with van der Waals surface area (Å²) in [7, 11) is 0. The molecule has 32 heavy (non-hydrogen) atoms. The van der Waals surface area contributed by atoms with E-state index in [1.807, 2.05) is 43.3 Å². The Morgan fingerprint density at radius 2 is 1.84 bits per heavy atom. The van der Waals surface area contributed by atoms with Crippen LogP contribution in [0.5, 0.6) is 5.75 Å². The number of rotatable bonds is 6. The van der Waals surface area contributed by atoms with Crippen LogP contribution < -0.4 is 15.0 Å². The zero-order valence-corrected chi connectivity index (χ0v) is 18.5. The highest BCUT2D eigenvalue weighted by Gasteiger charge is 2.34. The molecule has 3 aromatic rings. The van der Waals surface area contributed by atoms with E-state index < -0.39 is 0 Å². The number of para-hydroxylation sites is 1. The molecule has 8 nitrogen and oxygen atoms in total. The summed E-state index contributed by atoms with van der Waals surface area (Å²) in [6, 6.07) is 11.9. The lowest BCUT2D eigenvalue weighted by molar-refractivity contribution is -0.116. The molecule has 1 N–H and O–H groups in total. The van der Waals surface area contributed by atoms with Gasteiger partial charge in [-0.25, -0.2) is 0 Å². The van der Waals surface area contributed by atoms with Crippen LogP contribution in [-0.4, -0.2) is 45.6 Å². The van der Waals surface area contributed by atoms with Crippen molar-refractivity contribution in [3.63, 3.8) is 0 Å². The Balaban J connectivity index is 1.53. The molecule has 0 spiro atoms. The fourth-order valence-electron chi connectivity index (χ4n) is 4.64. The number of hydrogen-bond donors (Lipinski definition) is 1. The Kier molecular flexibility index (Phi) is 5.51. The molecule has 2 aliphatic heterocycles. The lowest BCUT2D eigenvalue weighted by Gasteiger charge is -2.26. The van der Waals surface area contributed by atoms with Gasteiger partial charge in [0.2, 0.25) is 5.91 Å². The summed E-state index contributed by atoms with van der Waals surface area (Å²) < 4.78 is 7.70. The number of carbonyl (C=O) groups excluding carboxylic acids is 1. The maximum Gasteiger partial charge on any atom is 0.226 e. The maximum atomic E-state index is 12.7. The van der Waals surface area contributed by atoms with Crippen LogP contribution in [0.25, 0.3) is 5.82 Å². The Morgan fingerprint density at radius 1 is 1.09 bits per heavy atom. The van der Waals surface area contributed by atoms with Gasteiger partial charge in [0.1, 0.15) is 11.6 Å². The molecular formula is C24H28N6O2. The molecule has 1 aromatic carbocycles. The molecule has 0 bridgehead atoms. The Bertz CT molecular complexity index is 1120. The van der Waals surface area contributed by atoms with Gasteiger partial charge in [-0.3, -0.25) is 4.79 Å². The summed E-state index contributed by atoms with van der Waals surface area (Å²) in [5.74, 6) is 2.79. The van der Waals surface area contributed by atoms with Crippen LogP contribution in [0.2, 0.25) is 0 Å². The van der Waals surface area contributed by atoms with Gasteiger partial charge in [0.15, 0.2) is 11.6 Å². The molecule has 166 valence electrons. The molecule has 0 radical (unpaired) electrons. The number of benzene rings is 1. The van der Waals surface area contributed by atoms with Gasteiger partial charge >= 0.3 is 0 Å². The third-order valence-corrected chi connectivity index (χ3v) is 6.14. The summed E-state index contributed by atoms with van der Waals surface area (Å²) >= 11 is 0. The van der Waals surface area contributed by atoms with Crippen molar-refractivity contribution in [2.45, 2.75) is 45.4 Å². The topological polar surface area (TPSA) is 85.2 Å². The van der Waals surface area contributed by atoms with Crippen LogP contribution in [0.3, 0.4) is 0 Å². The van der Waals surface area contributed by atoms with Crippen molar-refractivity contribution >= 4 is 17.5 Å². The molecule has 4 heterocycles. The van der Waals surface area contributed by atoms with Gasteiger partial charge in [0, 0.05) is 36.6 Å². The first-order chi connectivity index (χ1) is 15.7. The highest BCUT2D eigenvalue weighted by molar-refractivity contribution is 5.95. The van der Waals surface area contributed by atoms with Crippen molar-refractivity contribution in [1.82, 2.24) is 20.0 Å². The van der Waals surface area contributed by atoms with Crippen molar-refractivity contribution in [3.05, 3.63) is 53.2 Å². The lowest BCUT2D eigenvalue weighted by Crippen LogP contribution is -2.25. The number of amides is 1. The lowest BCUT2D eigenvalue weighted by atomic mass is 9.85. The van der Waals surface area contributed by atoms with Gasteiger partial charge in [-0.2, -0.15) is 9.78 Å². The monoisotopic (exact) mass is 432 g/mol. The number of fused-ring (bicyclic) bond motifs is 1. The minimum absolute atomic E-state index is 0.0457. The number of anilines is 2. The fourth-order valence-corrected chi connectivity index (χ4v) is 4.64. The van der Waals surface area contributed by atoms with Crippen LogP contribution in [0.15, 0.2) is 36.4 Å². The van der Waals surface area contributed by atoms with Crippen LogP contribution in [0.4, 0.5) is 11.6 Å². The second kappa shape index (κ2) is 8.61. The second-order valence-corrected chi connectivity index (χ2v) is 8.39. The molecule has 2 aromatic heterocycles. The molecule has 0 aliphatic carbocycles. The van der Waals surface area contributed by atoms with Crippen molar-refractivity contribution < 1.29 is 9.53 Å². The van der Waals surface area contributed by atoms with Crippen LogP contribution in [-0.2, 0) is 4.79 Å². The van der Waals surface area contributed by atoms with Crippen molar-refractivity contribution in [2.24, 2.45) is 0 Å². The quantitative estimate of drug-likeness (QED) is 0.637. The largest absolute Gasteiger partial charge is 0.493 e. The summed E-state index contributed by atoms with van der Waals surface area (Å²) in [4.78, 5) is 15.0. The molecule has 2 aliphatic rings. The predicted octanol–water partition coefficient (Wildman–Crippen LogP) is 3.83. The van der Waals surface area contributed by atoms with E-state index in [4.69, 9.17) is 9.84 Å². The number of hydrogen-bond acceptors (Lipinski definition) is 6. The van der Waals surface area contributed by atoms with E-state index in [-0.39, 0.29) is 11.8 Å². The Labute approximate surface area is 187 Å². The normalized spacial score (nSPS) is 17.9.